The Morgan fingerprint density at radius 1 is 1.04 bits per heavy atom. The molecule has 0 saturated carbocycles. The number of fused-ring (bicyclic) bond motifs is 2. The van der Waals surface area contributed by atoms with Crippen LogP contribution < -0.4 is 10.9 Å². The number of nitrogens with zero attached hydrogens (tertiary/aromatic N) is 2. The van der Waals surface area contributed by atoms with Crippen LogP contribution in [0.2, 0.25) is 0 Å². The smallest absolute Gasteiger partial charge is 0.286 e. The highest BCUT2D eigenvalue weighted by molar-refractivity contribution is 7.15. The van der Waals surface area contributed by atoms with E-state index in [9.17, 15) is 9.59 Å². The summed E-state index contributed by atoms with van der Waals surface area (Å²) in [6.07, 6.45) is 1.78. The van der Waals surface area contributed by atoms with Crippen LogP contribution in [0.25, 0.3) is 15.7 Å². The molecule has 124 valence electrons. The van der Waals surface area contributed by atoms with Crippen molar-refractivity contribution in [3.05, 3.63) is 71.0 Å². The van der Waals surface area contributed by atoms with Crippen molar-refractivity contribution >= 4 is 38.9 Å². The molecule has 2 aromatic heterocycles. The molecular weight excluding hydrogens is 336 g/mol. The Bertz CT molecular complexity index is 1110. The lowest BCUT2D eigenvalue weighted by Crippen LogP contribution is -2.42. The van der Waals surface area contributed by atoms with E-state index in [1.165, 1.54) is 11.3 Å². The molecule has 0 atom stereocenters. The Hall–Kier alpha value is -3.19. The van der Waals surface area contributed by atoms with Crippen LogP contribution in [-0.4, -0.2) is 21.2 Å². The summed E-state index contributed by atoms with van der Waals surface area (Å²) in [5.74, 6) is -0.772. The van der Waals surface area contributed by atoms with Gasteiger partial charge in [-0.15, -0.1) is 11.3 Å². The summed E-state index contributed by atoms with van der Waals surface area (Å²) in [5.41, 5.74) is 6.49. The molecule has 6 nitrogen and oxygen atoms in total. The van der Waals surface area contributed by atoms with E-state index in [1.807, 2.05) is 41.8 Å². The summed E-state index contributed by atoms with van der Waals surface area (Å²) in [5, 5.41) is 3.65. The van der Waals surface area contributed by atoms with Crippen LogP contribution in [0, 0.1) is 6.92 Å². The molecular formula is C18H14N4O2S. The fourth-order valence-corrected chi connectivity index (χ4v) is 3.59. The minimum atomic E-state index is -0.406. The van der Waals surface area contributed by atoms with Crippen LogP contribution in [0.1, 0.15) is 26.5 Å². The molecule has 0 bridgehead atoms. The number of aryl methyl sites for hydroxylation is 1. The van der Waals surface area contributed by atoms with Gasteiger partial charge in [-0.2, -0.15) is 0 Å². The minimum Gasteiger partial charge on any atom is -0.286 e. The second-order valence-electron chi connectivity index (χ2n) is 5.54. The first kappa shape index (κ1) is 15.3. The number of hydrazine groups is 1. The number of thiazole rings is 1. The van der Waals surface area contributed by atoms with Crippen LogP contribution in [0.15, 0.2) is 54.0 Å². The summed E-state index contributed by atoms with van der Waals surface area (Å²) < 4.78 is 1.71. The number of hydrogen-bond donors (Lipinski definition) is 2. The summed E-state index contributed by atoms with van der Waals surface area (Å²) in [6, 6.07) is 13.1. The summed E-state index contributed by atoms with van der Waals surface area (Å²) >= 11 is 1.45. The zero-order valence-corrected chi connectivity index (χ0v) is 14.1. The molecule has 0 radical (unpaired) electrons. The minimum absolute atomic E-state index is 0.367. The molecule has 0 unspecified atom stereocenters. The van der Waals surface area contributed by atoms with E-state index >= 15 is 0 Å². The average molecular weight is 350 g/mol. The van der Waals surface area contributed by atoms with Crippen molar-refractivity contribution in [1.29, 1.82) is 0 Å². The van der Waals surface area contributed by atoms with Crippen molar-refractivity contribution in [2.75, 3.05) is 0 Å². The molecule has 2 amide bonds. The number of aromatic nitrogens is 2. The predicted octanol–water partition coefficient (Wildman–Crippen LogP) is 2.93. The zero-order valence-electron chi connectivity index (χ0n) is 13.3. The first-order valence-electron chi connectivity index (χ1n) is 7.66. The third-order valence-electron chi connectivity index (χ3n) is 3.98. The lowest BCUT2D eigenvalue weighted by molar-refractivity contribution is 0.0844. The van der Waals surface area contributed by atoms with Gasteiger partial charge in [0.1, 0.15) is 5.69 Å². The number of imidazole rings is 1. The monoisotopic (exact) mass is 350 g/mol. The Morgan fingerprint density at radius 3 is 2.68 bits per heavy atom. The van der Waals surface area contributed by atoms with Crippen LogP contribution >= 0.6 is 11.3 Å². The standard InChI is InChI=1S/C18H14N4O2S/c1-11-15(22-9-10-25-18(22)19-11)17(24)21-20-16(23)14-8-4-6-12-5-2-3-7-13(12)14/h2-10H,1H3,(H,20,23)(H,21,24). The first-order valence-corrected chi connectivity index (χ1v) is 8.54. The molecule has 7 heteroatoms. The lowest BCUT2D eigenvalue weighted by atomic mass is 10.0. The number of nitrogens with one attached hydrogen (secondary N) is 2. The number of amides is 2. The van der Waals surface area contributed by atoms with Crippen molar-refractivity contribution in [2.45, 2.75) is 6.92 Å². The van der Waals surface area contributed by atoms with Crippen molar-refractivity contribution in [3.8, 4) is 0 Å². The number of carbonyl (C=O) groups excluding carboxylic acids is 2. The third kappa shape index (κ3) is 2.64. The number of hydrogen-bond acceptors (Lipinski definition) is 4. The summed E-state index contributed by atoms with van der Waals surface area (Å²) in [6.45, 7) is 1.77. The maximum absolute atomic E-state index is 12.5. The largest absolute Gasteiger partial charge is 0.288 e. The van der Waals surface area contributed by atoms with E-state index in [0.29, 0.717) is 17.0 Å². The van der Waals surface area contributed by atoms with E-state index < -0.39 is 5.91 Å². The van der Waals surface area contributed by atoms with Gasteiger partial charge in [0.15, 0.2) is 4.96 Å². The molecule has 2 aromatic carbocycles. The van der Waals surface area contributed by atoms with E-state index in [0.717, 1.165) is 15.7 Å². The normalized spacial score (nSPS) is 10.9. The molecule has 0 aliphatic heterocycles. The SMILES string of the molecule is Cc1nc2sccn2c1C(=O)NNC(=O)c1cccc2ccccc12. The Balaban J connectivity index is 1.56. The number of carbonyl (C=O) groups is 2. The van der Waals surface area contributed by atoms with E-state index in [-0.39, 0.29) is 5.91 Å². The van der Waals surface area contributed by atoms with Crippen LogP contribution in [0.5, 0.6) is 0 Å². The molecule has 0 aliphatic carbocycles. The second-order valence-corrected chi connectivity index (χ2v) is 6.41. The molecule has 25 heavy (non-hydrogen) atoms. The molecule has 2 N–H and O–H groups in total. The number of rotatable bonds is 2. The van der Waals surface area contributed by atoms with E-state index in [1.54, 1.807) is 23.6 Å². The van der Waals surface area contributed by atoms with Gasteiger partial charge in [-0.05, 0) is 23.8 Å². The lowest BCUT2D eigenvalue weighted by Gasteiger charge is -2.09. The Labute approximate surface area is 147 Å². The summed E-state index contributed by atoms with van der Waals surface area (Å²) in [4.78, 5) is 30.0. The Morgan fingerprint density at radius 2 is 1.80 bits per heavy atom. The van der Waals surface area contributed by atoms with Gasteiger partial charge < -0.3 is 0 Å². The molecule has 0 aliphatic rings. The highest BCUT2D eigenvalue weighted by atomic mass is 32.1. The quantitative estimate of drug-likeness (QED) is 0.546. The zero-order chi connectivity index (χ0) is 17.4. The van der Waals surface area contributed by atoms with Gasteiger partial charge in [-0.25, -0.2) is 4.98 Å². The van der Waals surface area contributed by atoms with Gasteiger partial charge >= 0.3 is 0 Å². The van der Waals surface area contributed by atoms with Crippen LogP contribution in [0.4, 0.5) is 0 Å². The average Bonchev–Trinajstić information content (AvgIpc) is 3.18. The fraction of sp³-hybridized carbons (Fsp3) is 0.0556. The van der Waals surface area contributed by atoms with Gasteiger partial charge in [0.05, 0.1) is 5.69 Å². The van der Waals surface area contributed by atoms with Gasteiger partial charge in [0.25, 0.3) is 11.8 Å². The van der Waals surface area contributed by atoms with Crippen LogP contribution in [0.3, 0.4) is 0 Å². The van der Waals surface area contributed by atoms with Crippen molar-refractivity contribution in [1.82, 2.24) is 20.2 Å². The molecule has 0 fully saturated rings. The molecule has 2 heterocycles. The van der Waals surface area contributed by atoms with Gasteiger partial charge in [0, 0.05) is 17.1 Å². The van der Waals surface area contributed by atoms with Crippen molar-refractivity contribution in [2.24, 2.45) is 0 Å². The maximum Gasteiger partial charge on any atom is 0.288 e. The van der Waals surface area contributed by atoms with E-state index in [2.05, 4.69) is 15.8 Å². The highest BCUT2D eigenvalue weighted by Crippen LogP contribution is 2.18. The third-order valence-corrected chi connectivity index (χ3v) is 4.73. The fourth-order valence-electron chi connectivity index (χ4n) is 2.83. The molecule has 0 saturated heterocycles. The number of benzene rings is 2. The first-order chi connectivity index (χ1) is 12.1. The highest BCUT2D eigenvalue weighted by Gasteiger charge is 2.18. The predicted molar refractivity (Wildman–Crippen MR) is 96.7 cm³/mol. The van der Waals surface area contributed by atoms with Gasteiger partial charge in [0.2, 0.25) is 0 Å². The van der Waals surface area contributed by atoms with Gasteiger partial charge in [-0.3, -0.25) is 24.8 Å². The van der Waals surface area contributed by atoms with Gasteiger partial charge in [-0.1, -0.05) is 36.4 Å². The second kappa shape index (κ2) is 6.03. The molecule has 0 spiro atoms. The Kier molecular flexibility index (Phi) is 3.70. The topological polar surface area (TPSA) is 75.5 Å². The summed E-state index contributed by atoms with van der Waals surface area (Å²) in [7, 11) is 0. The van der Waals surface area contributed by atoms with Crippen molar-refractivity contribution < 1.29 is 9.59 Å². The maximum atomic E-state index is 12.5. The van der Waals surface area contributed by atoms with Crippen molar-refractivity contribution in [3.63, 3.8) is 0 Å². The molecule has 4 rings (SSSR count). The molecule has 4 aromatic rings. The van der Waals surface area contributed by atoms with Crippen LogP contribution in [-0.2, 0) is 0 Å². The van der Waals surface area contributed by atoms with E-state index in [4.69, 9.17) is 0 Å².